The van der Waals surface area contributed by atoms with Gasteiger partial charge in [0.15, 0.2) is 0 Å². The summed E-state index contributed by atoms with van der Waals surface area (Å²) in [7, 11) is 0. The summed E-state index contributed by atoms with van der Waals surface area (Å²) in [6.45, 7) is 2.32. The van der Waals surface area contributed by atoms with Crippen LogP contribution in [0.4, 0.5) is 11.4 Å². The summed E-state index contributed by atoms with van der Waals surface area (Å²) in [4.78, 5) is 51.9. The molecule has 2 amide bonds. The van der Waals surface area contributed by atoms with E-state index < -0.39 is 23.8 Å². The van der Waals surface area contributed by atoms with Crippen molar-refractivity contribution in [3.8, 4) is 5.75 Å². The van der Waals surface area contributed by atoms with Gasteiger partial charge in [0.05, 0.1) is 23.4 Å². The van der Waals surface area contributed by atoms with Crippen molar-refractivity contribution in [2.45, 2.75) is 19.8 Å². The van der Waals surface area contributed by atoms with Crippen LogP contribution >= 0.6 is 11.6 Å². The molecule has 8 nitrogen and oxygen atoms in total. The Kier molecular flexibility index (Phi) is 8.12. The number of rotatable bonds is 9. The topological polar surface area (TPSA) is 102 Å². The third-order valence-corrected chi connectivity index (χ3v) is 6.81. The predicted molar refractivity (Wildman–Crippen MR) is 156 cm³/mol. The molecular formula is C32H25ClN2O6. The van der Waals surface area contributed by atoms with Crippen LogP contribution in [0.2, 0.25) is 0 Å². The number of anilines is 2. The number of nitrogens with one attached hydrogen (secondary N) is 1. The highest BCUT2D eigenvalue weighted by Gasteiger charge is 2.39. The number of fused-ring (bicyclic) bond motifs is 1. The molecule has 1 heterocycles. The lowest BCUT2D eigenvalue weighted by Gasteiger charge is -2.15. The van der Waals surface area contributed by atoms with Crippen LogP contribution in [0.3, 0.4) is 0 Å². The molecule has 9 heteroatoms. The SMILES string of the molecule is CCCCOC(=O)c1ccc(N2C(=O)C(Cl)=C(Nc3ccc(C(=O)Oc4cccc5ccccc45)cc3)C2=O)cc1. The number of benzene rings is 4. The van der Waals surface area contributed by atoms with Crippen LogP contribution in [0.1, 0.15) is 40.5 Å². The van der Waals surface area contributed by atoms with Crippen LogP contribution in [0.15, 0.2) is 102 Å². The first-order chi connectivity index (χ1) is 19.9. The Morgan fingerprint density at radius 2 is 1.46 bits per heavy atom. The van der Waals surface area contributed by atoms with Gasteiger partial charge in [-0.2, -0.15) is 0 Å². The van der Waals surface area contributed by atoms with E-state index >= 15 is 0 Å². The molecule has 0 aromatic heterocycles. The maximum atomic E-state index is 13.1. The minimum atomic E-state index is -0.701. The van der Waals surface area contributed by atoms with Crippen LogP contribution in [0.5, 0.6) is 5.75 Å². The zero-order chi connectivity index (χ0) is 28.9. The third kappa shape index (κ3) is 5.83. The van der Waals surface area contributed by atoms with Crippen molar-refractivity contribution in [3.63, 3.8) is 0 Å². The number of esters is 2. The van der Waals surface area contributed by atoms with Crippen LogP contribution in [-0.4, -0.2) is 30.4 Å². The Balaban J connectivity index is 1.25. The van der Waals surface area contributed by atoms with E-state index in [1.807, 2.05) is 43.3 Å². The van der Waals surface area contributed by atoms with E-state index in [9.17, 15) is 19.2 Å². The van der Waals surface area contributed by atoms with Gasteiger partial charge < -0.3 is 14.8 Å². The van der Waals surface area contributed by atoms with E-state index in [-0.39, 0.29) is 16.4 Å². The highest BCUT2D eigenvalue weighted by atomic mass is 35.5. The highest BCUT2D eigenvalue weighted by molar-refractivity contribution is 6.53. The van der Waals surface area contributed by atoms with Crippen LogP contribution < -0.4 is 15.0 Å². The number of hydrogen-bond acceptors (Lipinski definition) is 7. The maximum absolute atomic E-state index is 13.1. The van der Waals surface area contributed by atoms with E-state index in [1.54, 1.807) is 30.3 Å². The number of hydrogen-bond donors (Lipinski definition) is 1. The molecule has 0 atom stereocenters. The number of ether oxygens (including phenoxy) is 2. The fourth-order valence-electron chi connectivity index (χ4n) is 4.26. The van der Waals surface area contributed by atoms with Gasteiger partial charge in [0.25, 0.3) is 11.8 Å². The first kappa shape index (κ1) is 27.6. The Hall–Kier alpha value is -4.95. The van der Waals surface area contributed by atoms with Crippen molar-refractivity contribution >= 4 is 57.5 Å². The second-order valence-corrected chi connectivity index (χ2v) is 9.62. The first-order valence-electron chi connectivity index (χ1n) is 13.0. The van der Waals surface area contributed by atoms with Crippen molar-refractivity contribution < 1.29 is 28.7 Å². The maximum Gasteiger partial charge on any atom is 0.343 e. The molecule has 1 aliphatic rings. The monoisotopic (exact) mass is 568 g/mol. The molecule has 0 saturated heterocycles. The van der Waals surface area contributed by atoms with Gasteiger partial charge in [-0.25, -0.2) is 14.5 Å². The van der Waals surface area contributed by atoms with Crippen molar-refractivity contribution in [2.24, 2.45) is 0 Å². The van der Waals surface area contributed by atoms with Crippen molar-refractivity contribution in [1.29, 1.82) is 0 Å². The molecule has 0 bridgehead atoms. The van der Waals surface area contributed by atoms with Gasteiger partial charge in [0, 0.05) is 11.1 Å². The summed E-state index contributed by atoms with van der Waals surface area (Å²) in [6.07, 6.45) is 1.66. The van der Waals surface area contributed by atoms with Gasteiger partial charge in [-0.05, 0) is 66.4 Å². The van der Waals surface area contributed by atoms with E-state index in [1.165, 1.54) is 24.3 Å². The smallest absolute Gasteiger partial charge is 0.343 e. The molecule has 4 aromatic rings. The summed E-state index contributed by atoms with van der Waals surface area (Å²) in [5.74, 6) is -1.93. The van der Waals surface area contributed by atoms with E-state index in [0.717, 1.165) is 28.5 Å². The Morgan fingerprint density at radius 3 is 2.20 bits per heavy atom. The third-order valence-electron chi connectivity index (χ3n) is 6.46. The summed E-state index contributed by atoms with van der Waals surface area (Å²) in [5.41, 5.74) is 1.19. The summed E-state index contributed by atoms with van der Waals surface area (Å²) in [5, 5.41) is 4.37. The van der Waals surface area contributed by atoms with Gasteiger partial charge in [0.2, 0.25) is 0 Å². The molecule has 5 rings (SSSR count). The molecule has 1 aliphatic heterocycles. The molecule has 41 heavy (non-hydrogen) atoms. The average Bonchev–Trinajstić information content (AvgIpc) is 3.20. The quantitative estimate of drug-likeness (QED) is 0.107. The fourth-order valence-corrected chi connectivity index (χ4v) is 4.48. The van der Waals surface area contributed by atoms with Crippen molar-refractivity contribution in [1.82, 2.24) is 0 Å². The van der Waals surface area contributed by atoms with Gasteiger partial charge in [0.1, 0.15) is 16.5 Å². The molecule has 0 aliphatic carbocycles. The molecule has 0 unspecified atom stereocenters. The standard InChI is InChI=1S/C32H25ClN2O6/c1-2-3-19-40-31(38)21-13-17-24(18-14-21)35-29(36)27(33)28(30(35)37)34-23-15-11-22(12-16-23)32(39)41-26-10-6-8-20-7-4-5-9-25(20)26/h4-18,34H,2-3,19H2,1H3. The molecule has 206 valence electrons. The van der Waals surface area contributed by atoms with Crippen LogP contribution in [0.25, 0.3) is 10.8 Å². The number of carbonyl (C=O) groups is 4. The lowest BCUT2D eigenvalue weighted by molar-refractivity contribution is -0.120. The Bertz CT molecular complexity index is 1670. The fraction of sp³-hybridized carbons (Fsp3) is 0.125. The number of imide groups is 1. The predicted octanol–water partition coefficient (Wildman–Crippen LogP) is 6.45. The highest BCUT2D eigenvalue weighted by Crippen LogP contribution is 2.31. The average molecular weight is 569 g/mol. The number of unbranched alkanes of at least 4 members (excludes halogenated alkanes) is 1. The Morgan fingerprint density at radius 1 is 0.805 bits per heavy atom. The molecule has 1 N–H and O–H groups in total. The van der Waals surface area contributed by atoms with Gasteiger partial charge in [-0.15, -0.1) is 0 Å². The van der Waals surface area contributed by atoms with Crippen LogP contribution in [-0.2, 0) is 14.3 Å². The second-order valence-electron chi connectivity index (χ2n) is 9.24. The number of halogens is 1. The first-order valence-corrected chi connectivity index (χ1v) is 13.4. The summed E-state index contributed by atoms with van der Waals surface area (Å²) in [6, 6.07) is 25.3. The molecule has 4 aromatic carbocycles. The van der Waals surface area contributed by atoms with Gasteiger partial charge in [-0.1, -0.05) is 61.3 Å². The molecule has 0 radical (unpaired) electrons. The molecule has 0 saturated carbocycles. The largest absolute Gasteiger partial charge is 0.462 e. The van der Waals surface area contributed by atoms with E-state index in [4.69, 9.17) is 21.1 Å². The Labute approximate surface area is 241 Å². The van der Waals surface area contributed by atoms with Gasteiger partial charge in [-0.3, -0.25) is 9.59 Å². The van der Waals surface area contributed by atoms with E-state index in [0.29, 0.717) is 29.2 Å². The molecule has 0 spiro atoms. The second kappa shape index (κ2) is 12.1. The van der Waals surface area contributed by atoms with Crippen molar-refractivity contribution in [2.75, 3.05) is 16.8 Å². The lowest BCUT2D eigenvalue weighted by atomic mass is 10.1. The minimum Gasteiger partial charge on any atom is -0.462 e. The van der Waals surface area contributed by atoms with E-state index in [2.05, 4.69) is 5.32 Å². The zero-order valence-electron chi connectivity index (χ0n) is 22.1. The molecular weight excluding hydrogens is 544 g/mol. The number of nitrogens with zero attached hydrogens (tertiary/aromatic N) is 1. The minimum absolute atomic E-state index is 0.106. The van der Waals surface area contributed by atoms with Gasteiger partial charge >= 0.3 is 11.9 Å². The van der Waals surface area contributed by atoms with Crippen molar-refractivity contribution in [3.05, 3.63) is 113 Å². The summed E-state index contributed by atoms with van der Waals surface area (Å²) >= 11 is 6.25. The zero-order valence-corrected chi connectivity index (χ0v) is 22.8. The summed E-state index contributed by atoms with van der Waals surface area (Å²) < 4.78 is 10.8. The molecule has 0 fully saturated rings. The normalized spacial score (nSPS) is 13.1. The number of carbonyl (C=O) groups excluding carboxylic acids is 4. The lowest BCUT2D eigenvalue weighted by Crippen LogP contribution is -2.32. The van der Waals surface area contributed by atoms with Crippen LogP contribution in [0, 0.1) is 0 Å². The number of amides is 2.